The second kappa shape index (κ2) is 29.1. The Balaban J connectivity index is 0.00000127. The van der Waals surface area contributed by atoms with Crippen LogP contribution in [0.1, 0.15) is 82.0 Å². The predicted molar refractivity (Wildman–Crippen MR) is 289 cm³/mol. The van der Waals surface area contributed by atoms with Crippen LogP contribution in [-0.2, 0) is 39.9 Å². The number of amides is 3. The van der Waals surface area contributed by atoms with Crippen molar-refractivity contribution in [1.29, 1.82) is 0 Å². The smallest absolute Gasteiger partial charge is 0.475 e. The quantitative estimate of drug-likeness (QED) is 0.0178. The molecule has 16 nitrogen and oxygen atoms in total. The van der Waals surface area contributed by atoms with Crippen molar-refractivity contribution in [1.82, 2.24) is 15.3 Å². The summed E-state index contributed by atoms with van der Waals surface area (Å²) in [7, 11) is 0. The molecule has 7 N–H and O–H groups in total. The highest BCUT2D eigenvalue weighted by atomic mass is 19.4. The van der Waals surface area contributed by atoms with Gasteiger partial charge in [-0.2, -0.15) is 13.2 Å². The lowest BCUT2D eigenvalue weighted by Gasteiger charge is -2.48. The number of aliphatic hydroxyl groups is 2. The van der Waals surface area contributed by atoms with Gasteiger partial charge < -0.3 is 50.8 Å². The van der Waals surface area contributed by atoms with Crippen LogP contribution in [0.4, 0.5) is 39.1 Å². The number of benzene rings is 5. The fraction of sp³-hybridized carbons (Fsp3) is 0.267. The fourth-order valence-electron chi connectivity index (χ4n) is 9.36. The van der Waals surface area contributed by atoms with E-state index in [0.717, 1.165) is 11.1 Å². The maximum absolute atomic E-state index is 13.8. The molecule has 3 heterocycles. The number of alkyl halides is 3. The maximum Gasteiger partial charge on any atom is 0.490 e. The number of β-lactam (4-membered cyclic amide) rings is 1. The Morgan fingerprint density at radius 3 is 1.94 bits per heavy atom. The zero-order valence-corrected chi connectivity index (χ0v) is 43.5. The Hall–Kier alpha value is -8.47. The molecule has 21 heteroatoms. The molecule has 7 aromatic rings. The van der Waals surface area contributed by atoms with Crippen LogP contribution in [0.2, 0.25) is 0 Å². The molecule has 2 aromatic heterocycles. The van der Waals surface area contributed by atoms with E-state index in [9.17, 15) is 46.5 Å². The molecular weight excluding hydrogens is 1060 g/mol. The molecule has 3 amide bonds. The van der Waals surface area contributed by atoms with Crippen molar-refractivity contribution < 1.29 is 70.7 Å². The molecule has 1 fully saturated rings. The number of halogens is 5. The summed E-state index contributed by atoms with van der Waals surface area (Å²) in [5.41, 5.74) is 12.4. The lowest BCUT2D eigenvalue weighted by Crippen LogP contribution is -2.55. The van der Waals surface area contributed by atoms with Gasteiger partial charge in [0.25, 0.3) is 0 Å². The molecule has 6 atom stereocenters. The Morgan fingerprint density at radius 2 is 1.28 bits per heavy atom. The van der Waals surface area contributed by atoms with Gasteiger partial charge in [-0.3, -0.25) is 19.4 Å². The normalized spacial score (nSPS) is 15.5. The summed E-state index contributed by atoms with van der Waals surface area (Å²) in [5, 5.41) is 35.9. The standard InChI is InChI=1S/C58H58F2N6O8.C2HF3O2/c59-42-20-18-39(19-21-42)50(67)27-26-47-55(66(58(47)71)44-24-22-43(60)23-25-44)41-13-8-10-38(34-41)35-64-51(68)36-73-32-30-72-31-33-74-37-52(69)65-48-16-5-4-14-45(48)53(46-15-9-29-63-57(46)61)54(49-17-6-7-28-62-49)56(70)40-11-2-1-3-12-40;3-2(4,5)1(6)7/h1-25,28-29,34,47,50,53-56,67,70H,26-27,30-33,35-37H2,(H2,61,63)(H,64,68)(H,65,69);(H,6,7). The summed E-state index contributed by atoms with van der Waals surface area (Å²) in [6, 6.07) is 44.2. The van der Waals surface area contributed by atoms with Crippen LogP contribution in [0.25, 0.3) is 0 Å². The summed E-state index contributed by atoms with van der Waals surface area (Å²) in [5.74, 6) is -5.93. The third-order valence-electron chi connectivity index (χ3n) is 13.2. The third-order valence-corrected chi connectivity index (χ3v) is 13.2. The van der Waals surface area contributed by atoms with Crippen molar-refractivity contribution in [2.24, 2.45) is 5.92 Å². The number of nitrogens with zero attached hydrogens (tertiary/aromatic N) is 3. The minimum absolute atomic E-state index is 0.115. The Morgan fingerprint density at radius 1 is 0.679 bits per heavy atom. The number of para-hydroxylation sites is 1. The van der Waals surface area contributed by atoms with E-state index in [0.29, 0.717) is 45.7 Å². The highest BCUT2D eigenvalue weighted by Crippen LogP contribution is 2.49. The number of anilines is 3. The van der Waals surface area contributed by atoms with E-state index in [1.807, 2.05) is 97.1 Å². The van der Waals surface area contributed by atoms with Crippen molar-refractivity contribution in [3.63, 3.8) is 0 Å². The van der Waals surface area contributed by atoms with E-state index < -0.39 is 65.7 Å². The minimum Gasteiger partial charge on any atom is -0.475 e. The van der Waals surface area contributed by atoms with E-state index in [-0.39, 0.29) is 70.2 Å². The van der Waals surface area contributed by atoms with E-state index in [1.54, 1.807) is 41.6 Å². The van der Waals surface area contributed by atoms with Crippen LogP contribution in [0.15, 0.2) is 170 Å². The number of aromatic nitrogens is 2. The average Bonchev–Trinajstić information content (AvgIpc) is 3.61. The highest BCUT2D eigenvalue weighted by molar-refractivity contribution is 6.03. The largest absolute Gasteiger partial charge is 0.490 e. The molecule has 8 rings (SSSR count). The van der Waals surface area contributed by atoms with E-state index in [4.69, 9.17) is 29.8 Å². The molecule has 1 aliphatic heterocycles. The number of carbonyl (C=O) groups is 4. The van der Waals surface area contributed by atoms with Gasteiger partial charge in [-0.1, -0.05) is 97.1 Å². The number of carboxylic acids is 1. The summed E-state index contributed by atoms with van der Waals surface area (Å²) in [6.07, 6.45) is -3.08. The number of carbonyl (C=O) groups excluding carboxylic acids is 3. The zero-order valence-electron chi connectivity index (χ0n) is 43.5. The number of aliphatic hydroxyl groups excluding tert-OH is 2. The number of rotatable bonds is 25. The third kappa shape index (κ3) is 16.8. The zero-order chi connectivity index (χ0) is 57.9. The van der Waals surface area contributed by atoms with Gasteiger partial charge in [0.1, 0.15) is 30.7 Å². The van der Waals surface area contributed by atoms with E-state index in [1.165, 1.54) is 36.4 Å². The Labute approximate surface area is 463 Å². The lowest BCUT2D eigenvalue weighted by molar-refractivity contribution is -0.192. The number of ether oxygens (including phenoxy) is 3. The topological polar surface area (TPSA) is 236 Å². The van der Waals surface area contributed by atoms with Gasteiger partial charge in [0, 0.05) is 53.4 Å². The number of nitrogen functional groups attached to an aromatic ring is 1. The predicted octanol–water partition coefficient (Wildman–Crippen LogP) is 9.14. The van der Waals surface area contributed by atoms with Crippen LogP contribution in [0, 0.1) is 17.6 Å². The van der Waals surface area contributed by atoms with Crippen LogP contribution < -0.4 is 21.3 Å². The maximum atomic E-state index is 13.8. The Kier molecular flexibility index (Phi) is 21.6. The lowest BCUT2D eigenvalue weighted by atomic mass is 9.74. The van der Waals surface area contributed by atoms with Gasteiger partial charge in [-0.15, -0.1) is 0 Å². The van der Waals surface area contributed by atoms with Gasteiger partial charge in [0.15, 0.2) is 0 Å². The van der Waals surface area contributed by atoms with Gasteiger partial charge in [0.05, 0.1) is 50.6 Å². The first-order valence-corrected chi connectivity index (χ1v) is 25.6. The number of carboxylic acid groups (broad SMARTS) is 1. The monoisotopic (exact) mass is 1120 g/mol. The van der Waals surface area contributed by atoms with Crippen molar-refractivity contribution in [3.05, 3.63) is 221 Å². The molecule has 1 saturated heterocycles. The number of pyridine rings is 2. The second-order valence-corrected chi connectivity index (χ2v) is 18.6. The van der Waals surface area contributed by atoms with Crippen molar-refractivity contribution >= 4 is 40.9 Å². The Bertz CT molecular complexity index is 3160. The van der Waals surface area contributed by atoms with Crippen LogP contribution in [-0.4, -0.2) is 94.8 Å². The number of hydrogen-bond acceptors (Lipinski definition) is 12. The average molecular weight is 1120 g/mol. The van der Waals surface area contributed by atoms with E-state index in [2.05, 4.69) is 20.6 Å². The first-order valence-electron chi connectivity index (χ1n) is 25.6. The SMILES string of the molecule is Nc1ncccc1C(c1ccccc1NC(=O)COCCOCCOCC(=O)NCc1cccc(C2C(CCC(O)c3ccc(F)cc3)C(=O)N2c2ccc(F)cc2)c1)C(c1ccccn1)C(O)c1ccccc1.O=C(O)C(F)(F)F. The van der Waals surface area contributed by atoms with Crippen LogP contribution >= 0.6 is 0 Å². The molecule has 0 saturated carbocycles. The summed E-state index contributed by atoms with van der Waals surface area (Å²) in [6.45, 7) is 0.311. The first kappa shape index (κ1) is 60.2. The molecule has 0 spiro atoms. The number of nitrogens with two attached hydrogens (primary N) is 1. The van der Waals surface area contributed by atoms with Crippen molar-refractivity contribution in [2.45, 2.75) is 55.6 Å². The van der Waals surface area contributed by atoms with Gasteiger partial charge in [-0.05, 0) is 101 Å². The van der Waals surface area contributed by atoms with Gasteiger partial charge in [0.2, 0.25) is 17.7 Å². The molecule has 6 unspecified atom stereocenters. The molecule has 0 aliphatic carbocycles. The number of hydrogen-bond donors (Lipinski definition) is 6. The summed E-state index contributed by atoms with van der Waals surface area (Å²) < 4.78 is 75.9. The molecule has 0 radical (unpaired) electrons. The first-order chi connectivity index (χ1) is 39.0. The fourth-order valence-corrected chi connectivity index (χ4v) is 9.36. The molecule has 81 heavy (non-hydrogen) atoms. The van der Waals surface area contributed by atoms with Gasteiger partial charge >= 0.3 is 12.1 Å². The van der Waals surface area contributed by atoms with Crippen molar-refractivity contribution in [3.8, 4) is 0 Å². The second-order valence-electron chi connectivity index (χ2n) is 18.6. The summed E-state index contributed by atoms with van der Waals surface area (Å²) in [4.78, 5) is 59.2. The molecule has 424 valence electrons. The van der Waals surface area contributed by atoms with Crippen LogP contribution in [0.5, 0.6) is 0 Å². The van der Waals surface area contributed by atoms with Crippen LogP contribution in [0.3, 0.4) is 0 Å². The number of nitrogens with one attached hydrogen (secondary N) is 2. The summed E-state index contributed by atoms with van der Waals surface area (Å²) >= 11 is 0. The molecule has 5 aromatic carbocycles. The molecule has 0 bridgehead atoms. The minimum atomic E-state index is -5.08. The van der Waals surface area contributed by atoms with E-state index >= 15 is 0 Å². The molecular formula is C60H59F5N6O10. The highest BCUT2D eigenvalue weighted by Gasteiger charge is 2.48. The van der Waals surface area contributed by atoms with Gasteiger partial charge in [-0.25, -0.2) is 18.6 Å². The number of aliphatic carboxylic acids is 1. The van der Waals surface area contributed by atoms with Crippen molar-refractivity contribution in [2.75, 3.05) is 55.6 Å². The molecule has 1 aliphatic rings.